The van der Waals surface area contributed by atoms with Crippen molar-refractivity contribution in [3.63, 3.8) is 0 Å². The van der Waals surface area contributed by atoms with E-state index in [0.717, 1.165) is 26.5 Å². The number of esters is 1. The number of H-pyrrole nitrogens is 1. The van der Waals surface area contributed by atoms with Crippen molar-refractivity contribution in [3.8, 4) is 16.9 Å². The molecule has 188 valence electrons. The Morgan fingerprint density at radius 2 is 1.71 bits per heavy atom. The molecule has 0 saturated carbocycles. The summed E-state index contributed by atoms with van der Waals surface area (Å²) in [7, 11) is 0. The highest BCUT2D eigenvalue weighted by molar-refractivity contribution is 9.10. The summed E-state index contributed by atoms with van der Waals surface area (Å²) in [6, 6.07) is 27.3. The number of carbonyl (C=O) groups excluding carboxylic acids is 2. The van der Waals surface area contributed by atoms with Crippen LogP contribution in [0.15, 0.2) is 101 Å². The van der Waals surface area contributed by atoms with Gasteiger partial charge in [-0.15, -0.1) is 0 Å². The van der Waals surface area contributed by atoms with Gasteiger partial charge in [0, 0.05) is 37.1 Å². The predicted octanol–water partition coefficient (Wildman–Crippen LogP) is 7.54. The van der Waals surface area contributed by atoms with Gasteiger partial charge in [0.25, 0.3) is 5.91 Å². The van der Waals surface area contributed by atoms with Crippen LogP contribution in [0, 0.1) is 6.92 Å². The van der Waals surface area contributed by atoms with E-state index in [1.807, 2.05) is 61.5 Å². The van der Waals surface area contributed by atoms with E-state index in [2.05, 4.69) is 31.4 Å². The third kappa shape index (κ3) is 5.39. The number of aromatic nitrogens is 1. The molecule has 5 rings (SSSR count). The number of aromatic amines is 1. The van der Waals surface area contributed by atoms with Gasteiger partial charge in [-0.2, -0.15) is 5.10 Å². The maximum atomic E-state index is 13.3. The molecule has 0 bridgehead atoms. The van der Waals surface area contributed by atoms with E-state index in [-0.39, 0.29) is 0 Å². The molecule has 38 heavy (non-hydrogen) atoms. The maximum Gasteiger partial charge on any atom is 0.343 e. The lowest BCUT2D eigenvalue weighted by atomic mass is 10.0. The second-order valence-corrected chi connectivity index (χ2v) is 9.86. The number of hydrogen-bond acceptors (Lipinski definition) is 4. The van der Waals surface area contributed by atoms with Gasteiger partial charge in [-0.25, -0.2) is 10.2 Å². The van der Waals surface area contributed by atoms with Crippen molar-refractivity contribution in [2.24, 2.45) is 5.10 Å². The molecule has 1 heterocycles. The monoisotopic (exact) mass is 585 g/mol. The summed E-state index contributed by atoms with van der Waals surface area (Å²) in [5, 5.41) is 5.55. The van der Waals surface area contributed by atoms with Crippen LogP contribution in [0.25, 0.3) is 22.0 Å². The molecule has 1 amide bonds. The van der Waals surface area contributed by atoms with Crippen LogP contribution in [0.2, 0.25) is 5.02 Å². The number of nitrogens with zero attached hydrogens (tertiary/aromatic N) is 1. The zero-order valence-corrected chi connectivity index (χ0v) is 22.5. The summed E-state index contributed by atoms with van der Waals surface area (Å²) in [4.78, 5) is 29.1. The largest absolute Gasteiger partial charge is 0.422 e. The van der Waals surface area contributed by atoms with Crippen molar-refractivity contribution in [2.45, 2.75) is 6.92 Å². The Balaban J connectivity index is 1.41. The molecule has 0 aliphatic rings. The molecule has 0 saturated heterocycles. The number of hydrazone groups is 1. The standard InChI is InChI=1S/C30H21BrClN3O3/c1-18-10-12-19(13-11-18)30(37)38-26-15-14-21(31)16-20(26)17-33-35-29(36)28-27(22-6-2-4-8-24(22)32)23-7-3-5-9-25(23)34-28/h2-17,34H,1H3,(H,35,36). The molecule has 6 nitrogen and oxygen atoms in total. The third-order valence-corrected chi connectivity index (χ3v) is 6.73. The number of para-hydroxylation sites is 1. The number of ether oxygens (including phenoxy) is 1. The Hall–Kier alpha value is -4.20. The number of aryl methyl sites for hydroxylation is 1. The van der Waals surface area contributed by atoms with Gasteiger partial charge in [0.2, 0.25) is 0 Å². The summed E-state index contributed by atoms with van der Waals surface area (Å²) >= 11 is 9.91. The first kappa shape index (κ1) is 25.4. The molecule has 8 heteroatoms. The van der Waals surface area contributed by atoms with E-state index in [0.29, 0.717) is 33.2 Å². The number of benzene rings is 4. The van der Waals surface area contributed by atoms with E-state index in [1.165, 1.54) is 6.21 Å². The van der Waals surface area contributed by atoms with Crippen molar-refractivity contribution in [2.75, 3.05) is 0 Å². The fourth-order valence-corrected chi connectivity index (χ4v) is 4.64. The van der Waals surface area contributed by atoms with Crippen LogP contribution in [0.3, 0.4) is 0 Å². The highest BCUT2D eigenvalue weighted by atomic mass is 79.9. The Morgan fingerprint density at radius 3 is 2.50 bits per heavy atom. The molecule has 5 aromatic rings. The molecule has 0 unspecified atom stereocenters. The minimum Gasteiger partial charge on any atom is -0.422 e. The fourth-order valence-electron chi connectivity index (χ4n) is 4.03. The topological polar surface area (TPSA) is 83.5 Å². The molecular weight excluding hydrogens is 566 g/mol. The molecule has 0 atom stereocenters. The summed E-state index contributed by atoms with van der Waals surface area (Å²) in [5.74, 6) is -0.631. The molecule has 0 spiro atoms. The predicted molar refractivity (Wildman–Crippen MR) is 154 cm³/mol. The first-order valence-electron chi connectivity index (χ1n) is 11.7. The molecule has 1 aromatic heterocycles. The lowest BCUT2D eigenvalue weighted by molar-refractivity contribution is 0.0734. The lowest BCUT2D eigenvalue weighted by Crippen LogP contribution is -2.19. The van der Waals surface area contributed by atoms with Crippen LogP contribution in [0.1, 0.15) is 32.0 Å². The van der Waals surface area contributed by atoms with Crippen LogP contribution in [0.4, 0.5) is 0 Å². The molecule has 0 aliphatic heterocycles. The Kier molecular flexibility index (Phi) is 7.40. The quantitative estimate of drug-likeness (QED) is 0.0933. The van der Waals surface area contributed by atoms with Crippen molar-refractivity contribution in [1.29, 1.82) is 0 Å². The highest BCUT2D eigenvalue weighted by Crippen LogP contribution is 2.36. The van der Waals surface area contributed by atoms with Crippen molar-refractivity contribution >= 4 is 56.5 Å². The van der Waals surface area contributed by atoms with E-state index in [9.17, 15) is 9.59 Å². The SMILES string of the molecule is Cc1ccc(C(=O)Oc2ccc(Br)cc2C=NNC(=O)c2[nH]c3ccccc3c2-c2ccccc2Cl)cc1. The number of halogens is 2. The molecule has 2 N–H and O–H groups in total. The highest BCUT2D eigenvalue weighted by Gasteiger charge is 2.20. The lowest BCUT2D eigenvalue weighted by Gasteiger charge is -2.09. The van der Waals surface area contributed by atoms with Gasteiger partial charge in [-0.1, -0.05) is 81.6 Å². The second kappa shape index (κ2) is 11.0. The normalized spacial score (nSPS) is 11.1. The minimum atomic E-state index is -0.492. The van der Waals surface area contributed by atoms with Gasteiger partial charge in [-0.05, 0) is 49.4 Å². The van der Waals surface area contributed by atoms with E-state index < -0.39 is 11.9 Å². The van der Waals surface area contributed by atoms with Crippen molar-refractivity contribution < 1.29 is 14.3 Å². The van der Waals surface area contributed by atoms with Gasteiger partial charge in [0.05, 0.1) is 11.8 Å². The van der Waals surface area contributed by atoms with E-state index in [1.54, 1.807) is 36.4 Å². The summed E-state index contributed by atoms with van der Waals surface area (Å²) in [6.07, 6.45) is 1.43. The Labute approximate surface area is 232 Å². The van der Waals surface area contributed by atoms with Crippen molar-refractivity contribution in [1.82, 2.24) is 10.4 Å². The average molecular weight is 587 g/mol. The van der Waals surface area contributed by atoms with Crippen molar-refractivity contribution in [3.05, 3.63) is 123 Å². The molecule has 4 aromatic carbocycles. The van der Waals surface area contributed by atoms with Gasteiger partial charge in [0.15, 0.2) is 0 Å². The number of hydrogen-bond donors (Lipinski definition) is 2. The summed E-state index contributed by atoms with van der Waals surface area (Å²) in [5.41, 5.74) is 7.11. The molecule has 0 fully saturated rings. The smallest absolute Gasteiger partial charge is 0.343 e. The molecular formula is C30H21BrClN3O3. The summed E-state index contributed by atoms with van der Waals surface area (Å²) in [6.45, 7) is 1.94. The Bertz CT molecular complexity index is 1690. The molecule has 0 radical (unpaired) electrons. The average Bonchev–Trinajstić information content (AvgIpc) is 3.30. The molecule has 0 aliphatic carbocycles. The fraction of sp³-hybridized carbons (Fsp3) is 0.0333. The van der Waals surface area contributed by atoms with Crippen LogP contribution in [0.5, 0.6) is 5.75 Å². The van der Waals surface area contributed by atoms with Crippen LogP contribution >= 0.6 is 27.5 Å². The number of carbonyl (C=O) groups is 2. The first-order valence-corrected chi connectivity index (χ1v) is 12.9. The van der Waals surface area contributed by atoms with Gasteiger partial charge < -0.3 is 9.72 Å². The minimum absolute atomic E-state index is 0.305. The first-order chi connectivity index (χ1) is 18.4. The van der Waals surface area contributed by atoms with Crippen LogP contribution in [-0.4, -0.2) is 23.1 Å². The zero-order chi connectivity index (χ0) is 26.6. The van der Waals surface area contributed by atoms with Gasteiger partial charge in [-0.3, -0.25) is 4.79 Å². The van der Waals surface area contributed by atoms with Gasteiger partial charge >= 0.3 is 5.97 Å². The number of fused-ring (bicyclic) bond motifs is 1. The third-order valence-electron chi connectivity index (χ3n) is 5.91. The Morgan fingerprint density at radius 1 is 0.974 bits per heavy atom. The number of rotatable bonds is 6. The maximum absolute atomic E-state index is 13.3. The number of nitrogens with one attached hydrogen (secondary N) is 2. The van der Waals surface area contributed by atoms with E-state index >= 15 is 0 Å². The number of amides is 1. The van der Waals surface area contributed by atoms with Crippen LogP contribution < -0.4 is 10.2 Å². The van der Waals surface area contributed by atoms with Gasteiger partial charge in [0.1, 0.15) is 11.4 Å². The second-order valence-electron chi connectivity index (χ2n) is 8.54. The van der Waals surface area contributed by atoms with Crippen LogP contribution in [-0.2, 0) is 0 Å². The summed E-state index contributed by atoms with van der Waals surface area (Å²) < 4.78 is 6.38. The van der Waals surface area contributed by atoms with E-state index in [4.69, 9.17) is 16.3 Å². The zero-order valence-electron chi connectivity index (χ0n) is 20.2.